The van der Waals surface area contributed by atoms with Gasteiger partial charge in [-0.05, 0) is 42.6 Å². The van der Waals surface area contributed by atoms with Gasteiger partial charge < -0.3 is 15.2 Å². The van der Waals surface area contributed by atoms with E-state index in [2.05, 4.69) is 24.0 Å². The summed E-state index contributed by atoms with van der Waals surface area (Å²) in [6.45, 7) is 7.49. The Bertz CT molecular complexity index is 407. The van der Waals surface area contributed by atoms with Crippen LogP contribution in [0, 0.1) is 5.41 Å². The maximum absolute atomic E-state index is 5.85. The van der Waals surface area contributed by atoms with E-state index in [1.807, 2.05) is 12.1 Å². The number of nitrogens with zero attached hydrogens (tertiary/aromatic N) is 1. The second-order valence-corrected chi connectivity index (χ2v) is 5.96. The standard InChI is InChI=1S/C16H26N2O2/c1-16(12-17)7-8-18(13-16)11-14-3-5-15(6-4-14)20-10-9-19-2/h3-6H,7-13,17H2,1-2H3. The van der Waals surface area contributed by atoms with Gasteiger partial charge in [0.05, 0.1) is 6.61 Å². The number of ether oxygens (including phenoxy) is 2. The normalized spacial score (nSPS) is 23.1. The second-order valence-electron chi connectivity index (χ2n) is 5.96. The second kappa shape index (κ2) is 7.07. The maximum Gasteiger partial charge on any atom is 0.119 e. The summed E-state index contributed by atoms with van der Waals surface area (Å²) in [5, 5.41) is 0. The van der Waals surface area contributed by atoms with Crippen molar-refractivity contribution in [3.8, 4) is 5.75 Å². The first-order valence-corrected chi connectivity index (χ1v) is 7.28. The van der Waals surface area contributed by atoms with Crippen molar-refractivity contribution in [2.45, 2.75) is 19.9 Å². The molecule has 1 heterocycles. The lowest BCUT2D eigenvalue weighted by molar-refractivity contribution is 0.146. The van der Waals surface area contributed by atoms with E-state index < -0.39 is 0 Å². The van der Waals surface area contributed by atoms with Crippen LogP contribution in [0.25, 0.3) is 0 Å². The fraction of sp³-hybridized carbons (Fsp3) is 0.625. The smallest absolute Gasteiger partial charge is 0.119 e. The number of hydrogen-bond acceptors (Lipinski definition) is 4. The SMILES string of the molecule is COCCOc1ccc(CN2CCC(C)(CN)C2)cc1. The highest BCUT2D eigenvalue weighted by Gasteiger charge is 2.32. The molecule has 1 atom stereocenters. The largest absolute Gasteiger partial charge is 0.491 e. The molecule has 0 aromatic heterocycles. The Labute approximate surface area is 121 Å². The van der Waals surface area contributed by atoms with E-state index in [0.717, 1.165) is 31.9 Å². The molecule has 1 unspecified atom stereocenters. The first-order chi connectivity index (χ1) is 9.65. The van der Waals surface area contributed by atoms with E-state index >= 15 is 0 Å². The molecule has 0 bridgehead atoms. The van der Waals surface area contributed by atoms with E-state index in [1.54, 1.807) is 7.11 Å². The highest BCUT2D eigenvalue weighted by Crippen LogP contribution is 2.29. The number of methoxy groups -OCH3 is 1. The zero-order chi connectivity index (χ0) is 14.4. The Balaban J connectivity index is 1.82. The molecule has 1 aromatic rings. The topological polar surface area (TPSA) is 47.7 Å². The molecule has 0 aliphatic carbocycles. The molecule has 112 valence electrons. The first-order valence-electron chi connectivity index (χ1n) is 7.28. The first kappa shape index (κ1) is 15.3. The van der Waals surface area contributed by atoms with E-state index in [-0.39, 0.29) is 0 Å². The molecule has 20 heavy (non-hydrogen) atoms. The summed E-state index contributed by atoms with van der Waals surface area (Å²) in [5.74, 6) is 0.902. The molecule has 4 nitrogen and oxygen atoms in total. The van der Waals surface area contributed by atoms with E-state index in [9.17, 15) is 0 Å². The third kappa shape index (κ3) is 4.20. The van der Waals surface area contributed by atoms with Crippen LogP contribution in [0.4, 0.5) is 0 Å². The van der Waals surface area contributed by atoms with Crippen molar-refractivity contribution >= 4 is 0 Å². The van der Waals surface area contributed by atoms with Crippen LogP contribution < -0.4 is 10.5 Å². The summed E-state index contributed by atoms with van der Waals surface area (Å²) < 4.78 is 10.5. The molecule has 0 radical (unpaired) electrons. The monoisotopic (exact) mass is 278 g/mol. The van der Waals surface area contributed by atoms with Gasteiger partial charge >= 0.3 is 0 Å². The molecule has 0 spiro atoms. The Kier molecular flexibility index (Phi) is 5.40. The van der Waals surface area contributed by atoms with Gasteiger partial charge in [-0.3, -0.25) is 4.90 Å². The van der Waals surface area contributed by atoms with Crippen molar-refractivity contribution in [1.82, 2.24) is 4.90 Å². The third-order valence-electron chi connectivity index (χ3n) is 4.02. The summed E-state index contributed by atoms with van der Waals surface area (Å²) in [6.07, 6.45) is 1.20. The molecule has 1 saturated heterocycles. The average Bonchev–Trinajstić information content (AvgIpc) is 2.83. The van der Waals surface area contributed by atoms with Crippen molar-refractivity contribution < 1.29 is 9.47 Å². The van der Waals surface area contributed by atoms with Gasteiger partial charge in [-0.2, -0.15) is 0 Å². The van der Waals surface area contributed by atoms with Gasteiger partial charge in [-0.25, -0.2) is 0 Å². The fourth-order valence-electron chi connectivity index (χ4n) is 2.62. The van der Waals surface area contributed by atoms with Gasteiger partial charge in [0.25, 0.3) is 0 Å². The molecule has 0 amide bonds. The van der Waals surface area contributed by atoms with Gasteiger partial charge in [0.2, 0.25) is 0 Å². The number of nitrogens with two attached hydrogens (primary N) is 1. The number of benzene rings is 1. The van der Waals surface area contributed by atoms with E-state index in [1.165, 1.54) is 12.0 Å². The lowest BCUT2D eigenvalue weighted by Crippen LogP contribution is -2.31. The highest BCUT2D eigenvalue weighted by molar-refractivity contribution is 5.27. The molecular formula is C16H26N2O2. The minimum atomic E-state index is 0.295. The fourth-order valence-corrected chi connectivity index (χ4v) is 2.62. The molecule has 1 fully saturated rings. The highest BCUT2D eigenvalue weighted by atomic mass is 16.5. The number of likely N-dealkylation sites (tertiary alicyclic amines) is 1. The Morgan fingerprint density at radius 3 is 2.60 bits per heavy atom. The van der Waals surface area contributed by atoms with Crippen LogP contribution in [0.1, 0.15) is 18.9 Å². The summed E-state index contributed by atoms with van der Waals surface area (Å²) in [5.41, 5.74) is 7.47. The van der Waals surface area contributed by atoms with Crippen molar-refractivity contribution in [3.63, 3.8) is 0 Å². The molecule has 1 aliphatic heterocycles. The van der Waals surface area contributed by atoms with Crippen molar-refractivity contribution in [3.05, 3.63) is 29.8 Å². The zero-order valence-corrected chi connectivity index (χ0v) is 12.6. The molecule has 0 saturated carbocycles. The Hall–Kier alpha value is -1.10. The predicted octanol–water partition coefficient (Wildman–Crippen LogP) is 1.88. The van der Waals surface area contributed by atoms with Gasteiger partial charge in [-0.1, -0.05) is 19.1 Å². The van der Waals surface area contributed by atoms with Crippen molar-refractivity contribution in [2.75, 3.05) is 40.0 Å². The van der Waals surface area contributed by atoms with Gasteiger partial charge in [0.15, 0.2) is 0 Å². The maximum atomic E-state index is 5.85. The molecular weight excluding hydrogens is 252 g/mol. The number of hydrogen-bond donors (Lipinski definition) is 1. The van der Waals surface area contributed by atoms with Gasteiger partial charge in [-0.15, -0.1) is 0 Å². The number of rotatable bonds is 7. The minimum Gasteiger partial charge on any atom is -0.491 e. The molecule has 4 heteroatoms. The molecule has 2 rings (SSSR count). The van der Waals surface area contributed by atoms with Crippen LogP contribution >= 0.6 is 0 Å². The minimum absolute atomic E-state index is 0.295. The quantitative estimate of drug-likeness (QED) is 0.774. The zero-order valence-electron chi connectivity index (χ0n) is 12.6. The summed E-state index contributed by atoms with van der Waals surface area (Å²) in [6, 6.07) is 8.34. The van der Waals surface area contributed by atoms with Crippen LogP contribution in [0.15, 0.2) is 24.3 Å². The van der Waals surface area contributed by atoms with Crippen LogP contribution in [-0.2, 0) is 11.3 Å². The van der Waals surface area contributed by atoms with Crippen LogP contribution in [-0.4, -0.2) is 44.9 Å². The summed E-state index contributed by atoms with van der Waals surface area (Å²) in [4.78, 5) is 2.48. The third-order valence-corrected chi connectivity index (χ3v) is 4.02. The summed E-state index contributed by atoms with van der Waals surface area (Å²) in [7, 11) is 1.68. The Morgan fingerprint density at radius 2 is 2.00 bits per heavy atom. The van der Waals surface area contributed by atoms with Crippen LogP contribution in [0.3, 0.4) is 0 Å². The van der Waals surface area contributed by atoms with Gasteiger partial charge in [0.1, 0.15) is 12.4 Å². The average molecular weight is 278 g/mol. The predicted molar refractivity (Wildman–Crippen MR) is 80.9 cm³/mol. The van der Waals surface area contributed by atoms with Gasteiger partial charge in [0, 0.05) is 20.2 Å². The van der Waals surface area contributed by atoms with Crippen molar-refractivity contribution in [1.29, 1.82) is 0 Å². The van der Waals surface area contributed by atoms with E-state index in [4.69, 9.17) is 15.2 Å². The molecule has 1 aromatic carbocycles. The van der Waals surface area contributed by atoms with Crippen molar-refractivity contribution in [2.24, 2.45) is 11.1 Å². The Morgan fingerprint density at radius 1 is 1.25 bits per heavy atom. The lowest BCUT2D eigenvalue weighted by Gasteiger charge is -2.22. The lowest BCUT2D eigenvalue weighted by atomic mass is 9.90. The molecule has 2 N–H and O–H groups in total. The van der Waals surface area contributed by atoms with Crippen LogP contribution in [0.2, 0.25) is 0 Å². The van der Waals surface area contributed by atoms with Crippen LogP contribution in [0.5, 0.6) is 5.75 Å². The van der Waals surface area contributed by atoms with E-state index in [0.29, 0.717) is 18.6 Å². The molecule has 1 aliphatic rings. The summed E-state index contributed by atoms with van der Waals surface area (Å²) >= 11 is 0.